The molecule has 1 aromatic heterocycles. The fourth-order valence-electron chi connectivity index (χ4n) is 1.71. The number of rotatable bonds is 3. The molecule has 0 radical (unpaired) electrons. The first-order chi connectivity index (χ1) is 8.60. The van der Waals surface area contributed by atoms with Crippen molar-refractivity contribution in [1.29, 1.82) is 0 Å². The third kappa shape index (κ3) is 2.71. The zero-order valence-electron chi connectivity index (χ0n) is 10.5. The third-order valence-electron chi connectivity index (χ3n) is 2.79. The van der Waals surface area contributed by atoms with Crippen LogP contribution < -0.4 is 5.73 Å². The molecule has 18 heavy (non-hydrogen) atoms. The van der Waals surface area contributed by atoms with Gasteiger partial charge in [-0.15, -0.1) is 0 Å². The lowest BCUT2D eigenvalue weighted by Gasteiger charge is -2.10. The molecule has 94 valence electrons. The molecule has 2 rings (SSSR count). The van der Waals surface area contributed by atoms with Crippen molar-refractivity contribution in [2.75, 3.05) is 6.54 Å². The number of hydrogen-bond acceptors (Lipinski definition) is 3. The molecule has 1 unspecified atom stereocenters. The predicted octanol–water partition coefficient (Wildman–Crippen LogP) is 2.65. The van der Waals surface area contributed by atoms with E-state index < -0.39 is 0 Å². The Hall–Kier alpha value is -1.81. The number of nitrogens with zero attached hydrogens (tertiary/aromatic N) is 2. The summed E-state index contributed by atoms with van der Waals surface area (Å²) in [4.78, 5) is 8.83. The van der Waals surface area contributed by atoms with Crippen LogP contribution in [-0.4, -0.2) is 16.5 Å². The second kappa shape index (κ2) is 5.23. The van der Waals surface area contributed by atoms with Crippen molar-refractivity contribution < 1.29 is 4.39 Å². The van der Waals surface area contributed by atoms with E-state index in [1.54, 1.807) is 6.07 Å². The summed E-state index contributed by atoms with van der Waals surface area (Å²) >= 11 is 0. The van der Waals surface area contributed by atoms with Crippen molar-refractivity contribution in [2.45, 2.75) is 19.8 Å². The van der Waals surface area contributed by atoms with Gasteiger partial charge >= 0.3 is 0 Å². The summed E-state index contributed by atoms with van der Waals surface area (Å²) in [5.74, 6) is 0.533. The van der Waals surface area contributed by atoms with E-state index in [4.69, 9.17) is 5.73 Å². The summed E-state index contributed by atoms with van der Waals surface area (Å²) in [7, 11) is 0. The molecule has 0 spiro atoms. The summed E-state index contributed by atoms with van der Waals surface area (Å²) < 4.78 is 13.2. The maximum absolute atomic E-state index is 13.2. The Bertz CT molecular complexity index is 554. The SMILES string of the molecule is Cc1cc(-c2cccc(F)c2)nc(C(C)CN)n1. The number of halogens is 1. The fraction of sp³-hybridized carbons (Fsp3) is 0.286. The smallest absolute Gasteiger partial charge is 0.133 e. The zero-order chi connectivity index (χ0) is 13.1. The molecule has 2 N–H and O–H groups in total. The maximum atomic E-state index is 13.2. The van der Waals surface area contributed by atoms with Gasteiger partial charge in [0.05, 0.1) is 5.69 Å². The summed E-state index contributed by atoms with van der Waals surface area (Å²) in [6.07, 6.45) is 0. The van der Waals surface area contributed by atoms with Crippen LogP contribution in [0.1, 0.15) is 24.4 Å². The molecule has 0 saturated heterocycles. The van der Waals surface area contributed by atoms with Crippen LogP contribution in [0.25, 0.3) is 11.3 Å². The van der Waals surface area contributed by atoms with Gasteiger partial charge in [-0.2, -0.15) is 0 Å². The standard InChI is InChI=1S/C14H16FN3/c1-9(8-16)14-17-10(2)6-13(18-14)11-4-3-5-12(15)7-11/h3-7,9H,8,16H2,1-2H3. The molecule has 1 atom stereocenters. The van der Waals surface area contributed by atoms with E-state index in [0.717, 1.165) is 17.0 Å². The molecular weight excluding hydrogens is 229 g/mol. The van der Waals surface area contributed by atoms with Crippen molar-refractivity contribution in [3.63, 3.8) is 0 Å². The highest BCUT2D eigenvalue weighted by atomic mass is 19.1. The molecule has 2 aromatic rings. The number of benzene rings is 1. The molecule has 1 aromatic carbocycles. The van der Waals surface area contributed by atoms with E-state index in [1.165, 1.54) is 12.1 Å². The largest absolute Gasteiger partial charge is 0.330 e. The predicted molar refractivity (Wildman–Crippen MR) is 69.6 cm³/mol. The molecule has 1 heterocycles. The first-order valence-electron chi connectivity index (χ1n) is 5.91. The van der Waals surface area contributed by atoms with Crippen molar-refractivity contribution >= 4 is 0 Å². The van der Waals surface area contributed by atoms with Crippen LogP contribution in [0.3, 0.4) is 0 Å². The molecule has 0 aliphatic heterocycles. The minimum atomic E-state index is -0.266. The molecular formula is C14H16FN3. The van der Waals surface area contributed by atoms with Crippen LogP contribution in [0.5, 0.6) is 0 Å². The Kier molecular flexibility index (Phi) is 3.67. The van der Waals surface area contributed by atoms with Gasteiger partial charge in [0.15, 0.2) is 0 Å². The minimum absolute atomic E-state index is 0.0946. The van der Waals surface area contributed by atoms with Gasteiger partial charge in [0, 0.05) is 23.7 Å². The second-order valence-electron chi connectivity index (χ2n) is 4.40. The maximum Gasteiger partial charge on any atom is 0.133 e. The van der Waals surface area contributed by atoms with Gasteiger partial charge in [-0.05, 0) is 25.1 Å². The van der Waals surface area contributed by atoms with Crippen molar-refractivity contribution in [3.8, 4) is 11.3 Å². The molecule has 0 fully saturated rings. The van der Waals surface area contributed by atoms with E-state index in [1.807, 2.05) is 26.0 Å². The lowest BCUT2D eigenvalue weighted by Crippen LogP contribution is -2.13. The van der Waals surface area contributed by atoms with Gasteiger partial charge in [-0.25, -0.2) is 14.4 Å². The van der Waals surface area contributed by atoms with Gasteiger partial charge in [0.2, 0.25) is 0 Å². The van der Waals surface area contributed by atoms with E-state index in [9.17, 15) is 4.39 Å². The Morgan fingerprint density at radius 1 is 1.28 bits per heavy atom. The topological polar surface area (TPSA) is 51.8 Å². The molecule has 0 amide bonds. The van der Waals surface area contributed by atoms with Gasteiger partial charge in [0.25, 0.3) is 0 Å². The van der Waals surface area contributed by atoms with Gasteiger partial charge in [0.1, 0.15) is 11.6 Å². The highest BCUT2D eigenvalue weighted by Gasteiger charge is 2.10. The van der Waals surface area contributed by atoms with Crippen LogP contribution in [0.2, 0.25) is 0 Å². The summed E-state index contributed by atoms with van der Waals surface area (Å²) in [6.45, 7) is 4.37. The molecule has 3 nitrogen and oxygen atoms in total. The number of nitrogens with two attached hydrogens (primary N) is 1. The number of hydrogen-bond donors (Lipinski definition) is 1. The zero-order valence-corrected chi connectivity index (χ0v) is 10.5. The van der Waals surface area contributed by atoms with Gasteiger partial charge in [-0.1, -0.05) is 19.1 Å². The third-order valence-corrected chi connectivity index (χ3v) is 2.79. The first-order valence-corrected chi connectivity index (χ1v) is 5.91. The number of aryl methyl sites for hydroxylation is 1. The highest BCUT2D eigenvalue weighted by Crippen LogP contribution is 2.20. The van der Waals surface area contributed by atoms with E-state index in [-0.39, 0.29) is 11.7 Å². The molecule has 4 heteroatoms. The summed E-state index contributed by atoms with van der Waals surface area (Å²) in [6, 6.07) is 8.25. The van der Waals surface area contributed by atoms with Gasteiger partial charge in [-0.3, -0.25) is 0 Å². The van der Waals surface area contributed by atoms with E-state index in [2.05, 4.69) is 9.97 Å². The average Bonchev–Trinajstić information content (AvgIpc) is 2.37. The van der Waals surface area contributed by atoms with Crippen LogP contribution in [0, 0.1) is 12.7 Å². The number of aromatic nitrogens is 2. The summed E-state index contributed by atoms with van der Waals surface area (Å²) in [5.41, 5.74) is 7.98. The Labute approximate surface area is 106 Å². The van der Waals surface area contributed by atoms with E-state index in [0.29, 0.717) is 12.4 Å². The van der Waals surface area contributed by atoms with E-state index >= 15 is 0 Å². The molecule has 0 aliphatic carbocycles. The van der Waals surface area contributed by atoms with Crippen LogP contribution >= 0.6 is 0 Å². The lowest BCUT2D eigenvalue weighted by molar-refractivity contribution is 0.628. The van der Waals surface area contributed by atoms with Crippen LogP contribution in [0.4, 0.5) is 4.39 Å². The van der Waals surface area contributed by atoms with Crippen molar-refractivity contribution in [3.05, 3.63) is 47.7 Å². The molecule has 0 saturated carbocycles. The Morgan fingerprint density at radius 2 is 2.06 bits per heavy atom. The summed E-state index contributed by atoms with van der Waals surface area (Å²) in [5, 5.41) is 0. The van der Waals surface area contributed by atoms with Crippen molar-refractivity contribution in [2.24, 2.45) is 5.73 Å². The second-order valence-corrected chi connectivity index (χ2v) is 4.40. The average molecular weight is 245 g/mol. The fourth-order valence-corrected chi connectivity index (χ4v) is 1.71. The molecule has 0 bridgehead atoms. The normalized spacial score (nSPS) is 12.4. The van der Waals surface area contributed by atoms with Crippen LogP contribution in [0.15, 0.2) is 30.3 Å². The Balaban J connectivity index is 2.48. The monoisotopic (exact) mass is 245 g/mol. The van der Waals surface area contributed by atoms with Gasteiger partial charge < -0.3 is 5.73 Å². The van der Waals surface area contributed by atoms with Crippen LogP contribution in [-0.2, 0) is 0 Å². The molecule has 0 aliphatic rings. The quantitative estimate of drug-likeness (QED) is 0.904. The minimum Gasteiger partial charge on any atom is -0.330 e. The lowest BCUT2D eigenvalue weighted by atomic mass is 10.1. The van der Waals surface area contributed by atoms with Crippen molar-refractivity contribution in [1.82, 2.24) is 9.97 Å². The Morgan fingerprint density at radius 3 is 2.72 bits per heavy atom. The highest BCUT2D eigenvalue weighted by molar-refractivity contribution is 5.59. The first kappa shape index (κ1) is 12.6.